The van der Waals surface area contributed by atoms with Gasteiger partial charge in [-0.2, -0.15) is 0 Å². The van der Waals surface area contributed by atoms with Crippen LogP contribution in [-0.4, -0.2) is 47.3 Å². The highest BCUT2D eigenvalue weighted by Crippen LogP contribution is 1.71. The van der Waals surface area contributed by atoms with Gasteiger partial charge in [-0.1, -0.05) is 0 Å². The van der Waals surface area contributed by atoms with Crippen LogP contribution in [0.1, 0.15) is 6.92 Å². The Balaban J connectivity index is 0. The number of aliphatic hydroxyl groups excluding tert-OH is 3. The molecule has 0 spiro atoms. The lowest BCUT2D eigenvalue weighted by atomic mass is 10.4. The Morgan fingerprint density at radius 2 is 2.00 bits per heavy atom. The van der Waals surface area contributed by atoms with Crippen LogP contribution in [0.2, 0.25) is 0 Å². The molecule has 0 radical (unpaired) electrons. The molecule has 0 aromatic heterocycles. The average Bonchev–Trinajstić information content (AvgIpc) is 2.18. The van der Waals surface area contributed by atoms with E-state index in [9.17, 15) is 4.79 Å². The quantitative estimate of drug-likeness (QED) is 0.201. The van der Waals surface area contributed by atoms with E-state index in [-0.39, 0.29) is 13.2 Å². The minimum Gasteiger partial charge on any atom is -0.449 e. The van der Waals surface area contributed by atoms with E-state index in [4.69, 9.17) is 15.3 Å². The zero-order valence-electron chi connectivity index (χ0n) is 7.43. The number of ether oxygens (including phenoxy) is 1. The molecule has 0 rings (SSSR count). The molecule has 0 aliphatic heterocycles. The Morgan fingerprint density at radius 3 is 2.08 bits per heavy atom. The molecule has 0 fully saturated rings. The van der Waals surface area contributed by atoms with E-state index in [0.29, 0.717) is 6.61 Å². The number of amides is 1. The van der Waals surface area contributed by atoms with E-state index in [1.54, 1.807) is 12.3 Å². The summed E-state index contributed by atoms with van der Waals surface area (Å²) >= 11 is 0. The third-order valence-electron chi connectivity index (χ3n) is 0.815. The predicted molar refractivity (Wildman–Crippen MR) is 44.5 cm³/mol. The van der Waals surface area contributed by atoms with Gasteiger partial charge >= 0.3 is 6.09 Å². The SMILES string of the molecule is CCOC(=O)NN.OCC(O)CO. The Kier molecular flexibility index (Phi) is 12.5. The van der Waals surface area contributed by atoms with Gasteiger partial charge in [0.1, 0.15) is 6.10 Å². The lowest BCUT2D eigenvalue weighted by molar-refractivity contribution is 0.0450. The summed E-state index contributed by atoms with van der Waals surface area (Å²) in [5, 5.41) is 24.0. The van der Waals surface area contributed by atoms with Crippen LogP contribution in [0, 0.1) is 0 Å². The van der Waals surface area contributed by atoms with Crippen molar-refractivity contribution in [1.82, 2.24) is 5.43 Å². The summed E-state index contributed by atoms with van der Waals surface area (Å²) in [6.45, 7) is 1.32. The second-order valence-corrected chi connectivity index (χ2v) is 1.88. The first-order valence-electron chi connectivity index (χ1n) is 3.65. The molecule has 0 atom stereocenters. The fourth-order valence-electron chi connectivity index (χ4n) is 0.230. The second kappa shape index (κ2) is 11.1. The van der Waals surface area contributed by atoms with Crippen LogP contribution in [0.15, 0.2) is 0 Å². The maximum Gasteiger partial charge on any atom is 0.421 e. The molecule has 6 N–H and O–H groups in total. The number of hydrogen-bond acceptors (Lipinski definition) is 6. The summed E-state index contributed by atoms with van der Waals surface area (Å²) in [4.78, 5) is 9.95. The van der Waals surface area contributed by atoms with Crippen LogP contribution in [-0.2, 0) is 4.74 Å². The fourth-order valence-corrected chi connectivity index (χ4v) is 0.230. The zero-order chi connectivity index (χ0) is 10.7. The summed E-state index contributed by atoms with van der Waals surface area (Å²) in [5.41, 5.74) is 1.80. The lowest BCUT2D eigenvalue weighted by Crippen LogP contribution is -2.30. The zero-order valence-corrected chi connectivity index (χ0v) is 7.43. The van der Waals surface area contributed by atoms with E-state index < -0.39 is 12.2 Å². The predicted octanol–water partition coefficient (Wildman–Crippen LogP) is -2.06. The van der Waals surface area contributed by atoms with Crippen molar-refractivity contribution in [2.45, 2.75) is 13.0 Å². The third-order valence-corrected chi connectivity index (χ3v) is 0.815. The lowest BCUT2D eigenvalue weighted by Gasteiger charge is -1.96. The van der Waals surface area contributed by atoms with Crippen molar-refractivity contribution in [2.75, 3.05) is 19.8 Å². The first-order chi connectivity index (χ1) is 6.12. The van der Waals surface area contributed by atoms with Gasteiger partial charge in [0.2, 0.25) is 0 Å². The number of carbonyl (C=O) groups is 1. The van der Waals surface area contributed by atoms with Gasteiger partial charge in [0, 0.05) is 0 Å². The average molecular weight is 196 g/mol. The van der Waals surface area contributed by atoms with Crippen molar-refractivity contribution >= 4 is 6.09 Å². The molecule has 0 aliphatic rings. The highest BCUT2D eigenvalue weighted by atomic mass is 16.5. The molecule has 0 saturated carbocycles. The Morgan fingerprint density at radius 1 is 1.54 bits per heavy atom. The summed E-state index contributed by atoms with van der Waals surface area (Å²) in [5.74, 6) is 4.63. The fraction of sp³-hybridized carbons (Fsp3) is 0.833. The first-order valence-corrected chi connectivity index (χ1v) is 3.65. The molecule has 0 aliphatic carbocycles. The smallest absolute Gasteiger partial charge is 0.421 e. The molecule has 7 nitrogen and oxygen atoms in total. The Labute approximate surface area is 76.1 Å². The van der Waals surface area contributed by atoms with Crippen molar-refractivity contribution in [2.24, 2.45) is 5.84 Å². The van der Waals surface area contributed by atoms with Crippen LogP contribution < -0.4 is 11.3 Å². The topological polar surface area (TPSA) is 125 Å². The van der Waals surface area contributed by atoms with Gasteiger partial charge in [0.25, 0.3) is 0 Å². The van der Waals surface area contributed by atoms with Crippen molar-refractivity contribution in [1.29, 1.82) is 0 Å². The van der Waals surface area contributed by atoms with Crippen molar-refractivity contribution in [3.05, 3.63) is 0 Å². The van der Waals surface area contributed by atoms with Crippen LogP contribution in [0.3, 0.4) is 0 Å². The van der Waals surface area contributed by atoms with E-state index in [0.717, 1.165) is 0 Å². The third kappa shape index (κ3) is 14.0. The van der Waals surface area contributed by atoms with Gasteiger partial charge in [-0.25, -0.2) is 10.6 Å². The standard InChI is InChI=1S/C3H8N2O2.C3H8O3/c1-2-7-3(6)5-4;4-1-3(6)2-5/h2,4H2,1H3,(H,5,6);3-6H,1-2H2. The number of nitrogens with two attached hydrogens (primary N) is 1. The van der Waals surface area contributed by atoms with E-state index >= 15 is 0 Å². The minimum atomic E-state index is -0.954. The van der Waals surface area contributed by atoms with Gasteiger partial charge in [-0.15, -0.1) is 0 Å². The molecule has 0 unspecified atom stereocenters. The van der Waals surface area contributed by atoms with Gasteiger partial charge < -0.3 is 20.1 Å². The van der Waals surface area contributed by atoms with E-state index in [1.807, 2.05) is 0 Å². The molecular weight excluding hydrogens is 180 g/mol. The maximum atomic E-state index is 9.95. The summed E-state index contributed by atoms with van der Waals surface area (Å²) in [6, 6.07) is 0. The maximum absolute atomic E-state index is 9.95. The van der Waals surface area contributed by atoms with Crippen molar-refractivity contribution < 1.29 is 24.9 Å². The number of hydrogen-bond donors (Lipinski definition) is 5. The van der Waals surface area contributed by atoms with Crippen molar-refractivity contribution in [3.63, 3.8) is 0 Å². The van der Waals surface area contributed by atoms with E-state index in [2.05, 4.69) is 10.6 Å². The highest BCUT2D eigenvalue weighted by Gasteiger charge is 1.93. The molecule has 80 valence electrons. The monoisotopic (exact) mass is 196 g/mol. The molecular formula is C6H16N2O5. The van der Waals surface area contributed by atoms with Crippen molar-refractivity contribution in [3.8, 4) is 0 Å². The van der Waals surface area contributed by atoms with Gasteiger partial charge in [-0.05, 0) is 6.92 Å². The number of hydrazine groups is 1. The van der Waals surface area contributed by atoms with Gasteiger partial charge in [0.05, 0.1) is 19.8 Å². The minimum absolute atomic E-state index is 0.350. The molecule has 0 aromatic carbocycles. The molecule has 1 amide bonds. The Bertz CT molecular complexity index is 118. The number of nitrogens with one attached hydrogen (secondary N) is 1. The Hall–Kier alpha value is -0.890. The molecule has 0 aromatic rings. The molecule has 13 heavy (non-hydrogen) atoms. The summed E-state index contributed by atoms with van der Waals surface area (Å²) < 4.78 is 4.32. The molecule has 0 bridgehead atoms. The molecule has 0 saturated heterocycles. The number of rotatable bonds is 3. The molecule has 7 heteroatoms. The van der Waals surface area contributed by atoms with Crippen LogP contribution in [0.5, 0.6) is 0 Å². The molecule has 0 heterocycles. The summed E-state index contributed by atoms with van der Waals surface area (Å²) in [7, 11) is 0. The second-order valence-electron chi connectivity index (χ2n) is 1.88. The van der Waals surface area contributed by atoms with Crippen LogP contribution in [0.25, 0.3) is 0 Å². The first kappa shape index (κ1) is 14.6. The van der Waals surface area contributed by atoms with E-state index in [1.165, 1.54) is 0 Å². The number of aliphatic hydroxyl groups is 3. The normalized spacial score (nSPS) is 8.77. The van der Waals surface area contributed by atoms with Crippen LogP contribution >= 0.6 is 0 Å². The van der Waals surface area contributed by atoms with Gasteiger partial charge in [0.15, 0.2) is 0 Å². The van der Waals surface area contributed by atoms with Gasteiger partial charge in [-0.3, -0.25) is 5.43 Å². The highest BCUT2D eigenvalue weighted by molar-refractivity contribution is 5.66. The van der Waals surface area contributed by atoms with Crippen LogP contribution in [0.4, 0.5) is 4.79 Å². The number of carbonyl (C=O) groups excluding carboxylic acids is 1. The summed E-state index contributed by atoms with van der Waals surface area (Å²) in [6.07, 6.45) is -1.55. The largest absolute Gasteiger partial charge is 0.449 e.